The van der Waals surface area contributed by atoms with Gasteiger partial charge in [0.25, 0.3) is 0 Å². The van der Waals surface area contributed by atoms with E-state index in [1.807, 2.05) is 0 Å². The highest BCUT2D eigenvalue weighted by molar-refractivity contribution is 8.13. The molecule has 9 heavy (non-hydrogen) atoms. The first-order valence-corrected chi connectivity index (χ1v) is 5.62. The van der Waals surface area contributed by atoms with Gasteiger partial charge < -0.3 is 5.32 Å². The van der Waals surface area contributed by atoms with Gasteiger partial charge in [0.05, 0.1) is 0 Å². The Hall–Kier alpha value is 0.260. The van der Waals surface area contributed by atoms with E-state index in [0.717, 1.165) is 5.88 Å². The lowest BCUT2D eigenvalue weighted by atomic mass is 10.8. The highest BCUT2D eigenvalue weighted by atomic mass is 32.3. The molecule has 1 N–H and O–H groups in total. The van der Waals surface area contributed by atoms with Gasteiger partial charge in [0.2, 0.25) is 0 Å². The molecule has 0 aromatic heterocycles. The molecule has 0 aromatic rings. The van der Waals surface area contributed by atoms with Crippen LogP contribution >= 0.6 is 11.8 Å². The molecule has 0 amide bonds. The summed E-state index contributed by atoms with van der Waals surface area (Å²) in [6.45, 7) is 0.601. The Bertz CT molecular complexity index is 181. The van der Waals surface area contributed by atoms with E-state index in [1.165, 1.54) is 18.0 Å². The molecule has 1 heterocycles. The maximum atomic E-state index is 10.8. The molecule has 1 aliphatic heterocycles. The first-order chi connectivity index (χ1) is 4.11. The lowest BCUT2D eigenvalue weighted by molar-refractivity contribution is 0.598. The van der Waals surface area contributed by atoms with Crippen LogP contribution in [0.2, 0.25) is 0 Å². The minimum Gasteiger partial charge on any atom is -0.306 e. The van der Waals surface area contributed by atoms with Gasteiger partial charge in [0.15, 0.2) is 9.84 Å². The van der Waals surface area contributed by atoms with Gasteiger partial charge in [0, 0.05) is 18.7 Å². The van der Waals surface area contributed by atoms with Crippen molar-refractivity contribution >= 4 is 21.6 Å². The van der Waals surface area contributed by atoms with Crippen LogP contribution in [0.4, 0.5) is 0 Å². The first-order valence-electron chi connectivity index (χ1n) is 2.62. The number of hydrogen-bond acceptors (Lipinski definition) is 4. The SMILES string of the molecule is CS(=O)(=O)C1CNCS1. The number of thioether (sulfide) groups is 1. The molecule has 54 valence electrons. The molecule has 1 unspecified atom stereocenters. The standard InChI is InChI=1S/C4H9NO2S2/c1-9(6,7)4-2-5-3-8-4/h4-5H,2-3H2,1H3. The van der Waals surface area contributed by atoms with Gasteiger partial charge >= 0.3 is 0 Å². The van der Waals surface area contributed by atoms with Crippen molar-refractivity contribution < 1.29 is 8.42 Å². The molecule has 0 aromatic carbocycles. The molecule has 0 aliphatic carbocycles. The fourth-order valence-corrected chi connectivity index (χ4v) is 2.93. The van der Waals surface area contributed by atoms with E-state index in [1.54, 1.807) is 0 Å². The van der Waals surface area contributed by atoms with Gasteiger partial charge in [-0.3, -0.25) is 0 Å². The average molecular weight is 167 g/mol. The third-order valence-electron chi connectivity index (χ3n) is 1.16. The molecule has 5 heteroatoms. The first kappa shape index (κ1) is 7.37. The summed E-state index contributed by atoms with van der Waals surface area (Å²) in [5, 5.41) is 2.96. The number of rotatable bonds is 1. The molecule has 1 fully saturated rings. The van der Waals surface area contributed by atoms with Gasteiger partial charge in [-0.05, 0) is 0 Å². The number of nitrogens with one attached hydrogen (secondary N) is 1. The average Bonchev–Trinajstić information content (AvgIpc) is 2.08. The van der Waals surface area contributed by atoms with Crippen LogP contribution in [-0.4, -0.2) is 31.7 Å². The van der Waals surface area contributed by atoms with E-state index in [2.05, 4.69) is 5.32 Å². The fourth-order valence-electron chi connectivity index (χ4n) is 0.663. The van der Waals surface area contributed by atoms with Gasteiger partial charge in [-0.15, -0.1) is 11.8 Å². The quantitative estimate of drug-likeness (QED) is 0.580. The number of sulfone groups is 1. The van der Waals surface area contributed by atoms with Crippen molar-refractivity contribution in [2.45, 2.75) is 4.58 Å². The van der Waals surface area contributed by atoms with Crippen molar-refractivity contribution in [3.63, 3.8) is 0 Å². The summed E-state index contributed by atoms with van der Waals surface area (Å²) in [5.41, 5.74) is 0. The van der Waals surface area contributed by atoms with E-state index in [4.69, 9.17) is 0 Å². The summed E-state index contributed by atoms with van der Waals surface area (Å²) in [4.78, 5) is 0. The molecule has 3 nitrogen and oxygen atoms in total. The predicted molar refractivity (Wildman–Crippen MR) is 39.1 cm³/mol. The fraction of sp³-hybridized carbons (Fsp3) is 1.00. The predicted octanol–water partition coefficient (Wildman–Crippen LogP) is -0.349. The van der Waals surface area contributed by atoms with Crippen molar-refractivity contribution in [3.05, 3.63) is 0 Å². The van der Waals surface area contributed by atoms with Crippen molar-refractivity contribution in [2.75, 3.05) is 18.7 Å². The lowest BCUT2D eigenvalue weighted by Gasteiger charge is -2.01. The van der Waals surface area contributed by atoms with Crippen LogP contribution in [0.1, 0.15) is 0 Å². The third-order valence-corrected chi connectivity index (χ3v) is 4.65. The van der Waals surface area contributed by atoms with Crippen molar-refractivity contribution in [3.8, 4) is 0 Å². The number of hydrogen-bond donors (Lipinski definition) is 1. The Morgan fingerprint density at radius 1 is 1.67 bits per heavy atom. The van der Waals surface area contributed by atoms with Gasteiger partial charge in [-0.1, -0.05) is 0 Å². The van der Waals surface area contributed by atoms with Gasteiger partial charge in [0.1, 0.15) is 4.58 Å². The summed E-state index contributed by atoms with van der Waals surface area (Å²) >= 11 is 1.45. The minimum absolute atomic E-state index is 0.211. The maximum absolute atomic E-state index is 10.8. The summed E-state index contributed by atoms with van der Waals surface area (Å²) in [6.07, 6.45) is 1.28. The second kappa shape index (κ2) is 2.48. The Balaban J connectivity index is 2.63. The van der Waals surface area contributed by atoms with Crippen LogP contribution < -0.4 is 5.32 Å². The Kier molecular flexibility index (Phi) is 2.03. The molecule has 1 saturated heterocycles. The zero-order valence-corrected chi connectivity index (χ0v) is 6.76. The molecule has 0 bridgehead atoms. The zero-order valence-electron chi connectivity index (χ0n) is 5.12. The van der Waals surface area contributed by atoms with E-state index in [-0.39, 0.29) is 4.58 Å². The van der Waals surface area contributed by atoms with Crippen molar-refractivity contribution in [2.24, 2.45) is 0 Å². The summed E-state index contributed by atoms with van der Waals surface area (Å²) < 4.78 is 21.3. The topological polar surface area (TPSA) is 46.2 Å². The van der Waals surface area contributed by atoms with Crippen LogP contribution in [0.5, 0.6) is 0 Å². The third kappa shape index (κ3) is 1.84. The smallest absolute Gasteiger partial charge is 0.160 e. The zero-order chi connectivity index (χ0) is 6.91. The molecule has 1 rings (SSSR count). The van der Waals surface area contributed by atoms with Crippen LogP contribution in [0.25, 0.3) is 0 Å². The molecule has 1 aliphatic rings. The van der Waals surface area contributed by atoms with Crippen molar-refractivity contribution in [1.29, 1.82) is 0 Å². The summed E-state index contributed by atoms with van der Waals surface area (Å²) in [6, 6.07) is 0. The van der Waals surface area contributed by atoms with Crippen LogP contribution in [0.3, 0.4) is 0 Å². The van der Waals surface area contributed by atoms with E-state index in [0.29, 0.717) is 6.54 Å². The second-order valence-electron chi connectivity index (χ2n) is 2.02. The Labute approximate surface area is 59.1 Å². The van der Waals surface area contributed by atoms with E-state index >= 15 is 0 Å². The maximum Gasteiger partial charge on any atom is 0.160 e. The second-order valence-corrected chi connectivity index (χ2v) is 5.74. The van der Waals surface area contributed by atoms with E-state index in [9.17, 15) is 8.42 Å². The Morgan fingerprint density at radius 3 is 2.56 bits per heavy atom. The van der Waals surface area contributed by atoms with Crippen LogP contribution in [0.15, 0.2) is 0 Å². The minimum atomic E-state index is -2.80. The highest BCUT2D eigenvalue weighted by Crippen LogP contribution is 2.18. The molecule has 0 radical (unpaired) electrons. The van der Waals surface area contributed by atoms with Gasteiger partial charge in [-0.2, -0.15) is 0 Å². The molecular weight excluding hydrogens is 158 g/mol. The molecule has 0 saturated carbocycles. The van der Waals surface area contributed by atoms with Crippen molar-refractivity contribution in [1.82, 2.24) is 5.32 Å². The highest BCUT2D eigenvalue weighted by Gasteiger charge is 2.24. The summed E-state index contributed by atoms with van der Waals surface area (Å²) in [5.74, 6) is 0.762. The van der Waals surface area contributed by atoms with E-state index < -0.39 is 9.84 Å². The van der Waals surface area contributed by atoms with Crippen LogP contribution in [-0.2, 0) is 9.84 Å². The molecular formula is C4H9NO2S2. The monoisotopic (exact) mass is 167 g/mol. The normalized spacial score (nSPS) is 28.8. The van der Waals surface area contributed by atoms with Gasteiger partial charge in [-0.25, -0.2) is 8.42 Å². The lowest BCUT2D eigenvalue weighted by Crippen LogP contribution is -2.20. The summed E-state index contributed by atoms with van der Waals surface area (Å²) in [7, 11) is -2.80. The molecule has 0 spiro atoms. The largest absolute Gasteiger partial charge is 0.306 e. The Morgan fingerprint density at radius 2 is 2.33 bits per heavy atom. The molecule has 1 atom stereocenters. The van der Waals surface area contributed by atoms with Crippen LogP contribution in [0, 0.1) is 0 Å².